The zero-order chi connectivity index (χ0) is 21.7. The van der Waals surface area contributed by atoms with Gasteiger partial charge in [0.1, 0.15) is 0 Å². The molecule has 0 bridgehead atoms. The maximum atomic E-state index is 2.49. The van der Waals surface area contributed by atoms with Crippen molar-refractivity contribution < 1.29 is 0 Å². The average molecular weight is 435 g/mol. The zero-order valence-electron chi connectivity index (χ0n) is 21.6. The molecule has 0 aliphatic carbocycles. The monoisotopic (exact) mass is 434 g/mol. The summed E-state index contributed by atoms with van der Waals surface area (Å²) >= 11 is -0.765. The van der Waals surface area contributed by atoms with Crippen molar-refractivity contribution in [3.8, 4) is 0 Å². The number of hydrogen-bond donors (Lipinski definition) is 0. The lowest BCUT2D eigenvalue weighted by Crippen LogP contribution is -2.29. The highest BCUT2D eigenvalue weighted by Gasteiger charge is 2.39. The normalized spacial score (nSPS) is 14.3. The van der Waals surface area contributed by atoms with Crippen LogP contribution in [0.15, 0.2) is 0 Å². The topological polar surface area (TPSA) is 0 Å². The van der Waals surface area contributed by atoms with Gasteiger partial charge in [0.15, 0.2) is 0 Å². The Morgan fingerprint density at radius 1 is 0.423 bits per heavy atom. The molecule has 0 aliphatic heterocycles. The van der Waals surface area contributed by atoms with Crippen LogP contribution in [-0.4, -0.2) is 59.0 Å². The summed E-state index contributed by atoms with van der Waals surface area (Å²) in [4.78, 5) is 0. The van der Waals surface area contributed by atoms with Crippen LogP contribution >= 0.6 is 15.8 Å². The van der Waals surface area contributed by atoms with E-state index in [9.17, 15) is 0 Å². The predicted molar refractivity (Wildman–Crippen MR) is 140 cm³/mol. The lowest BCUT2D eigenvalue weighted by molar-refractivity contribution is 0.708. The van der Waals surface area contributed by atoms with Crippen LogP contribution < -0.4 is 0 Å². The molecule has 0 spiro atoms. The number of hydrogen-bond acceptors (Lipinski definition) is 0. The summed E-state index contributed by atoms with van der Waals surface area (Å²) < 4.78 is 0. The van der Waals surface area contributed by atoms with Gasteiger partial charge in [-0.05, 0) is 98.9 Å². The SMILES string of the molecule is [CH3][Al-]([CH3])[CH2][PH+](C(C)(C)C)C(C)(C)C.[CH3][Al-]([CH3])[CH2][PH+](C(C)(C)C)C(C)(C)C. The summed E-state index contributed by atoms with van der Waals surface area (Å²) in [5, 5.41) is 5.44. The maximum Gasteiger partial charge on any atom is 0.0659 e. The Morgan fingerprint density at radius 3 is 0.615 bits per heavy atom. The summed E-state index contributed by atoms with van der Waals surface area (Å²) in [6, 6.07) is 0. The maximum absolute atomic E-state index is 2.49. The van der Waals surface area contributed by atoms with E-state index in [0.29, 0.717) is 20.6 Å². The van der Waals surface area contributed by atoms with E-state index in [1.807, 2.05) is 0 Å². The molecular formula is C22H54Al2P2. The lowest BCUT2D eigenvalue weighted by atomic mass is 10.2. The average Bonchev–Trinajstić information content (AvgIpc) is 2.28. The van der Waals surface area contributed by atoms with Gasteiger partial charge in [0.25, 0.3) is 0 Å². The van der Waals surface area contributed by atoms with Gasteiger partial charge in [0, 0.05) is 28.3 Å². The molecule has 0 fully saturated rings. The second kappa shape index (κ2) is 11.4. The minimum absolute atomic E-state index is 0.213. The third kappa shape index (κ3) is 14.0. The first-order chi connectivity index (χ1) is 11.1. The first-order valence-corrected chi connectivity index (χ1v) is 20.5. The fraction of sp³-hybridized carbons (Fsp3) is 1.00. The second-order valence-electron chi connectivity index (χ2n) is 13.2. The minimum atomic E-state index is -0.383. The Labute approximate surface area is 180 Å². The van der Waals surface area contributed by atoms with Gasteiger partial charge in [-0.2, -0.15) is 0 Å². The summed E-state index contributed by atoms with van der Waals surface area (Å²) in [5.74, 6) is 9.95. The Kier molecular flexibility index (Phi) is 13.2. The molecule has 158 valence electrons. The minimum Gasteiger partial charge on any atom is -0.228 e. The lowest BCUT2D eigenvalue weighted by Gasteiger charge is -2.38. The molecule has 0 amide bonds. The van der Waals surface area contributed by atoms with Crippen molar-refractivity contribution in [3.05, 3.63) is 0 Å². The van der Waals surface area contributed by atoms with Gasteiger partial charge in [-0.1, -0.05) is 0 Å². The molecular weight excluding hydrogens is 380 g/mol. The van der Waals surface area contributed by atoms with Crippen LogP contribution in [0.4, 0.5) is 0 Å². The van der Waals surface area contributed by atoms with Crippen LogP contribution in [0.5, 0.6) is 0 Å². The van der Waals surface area contributed by atoms with E-state index in [1.54, 1.807) is 10.0 Å². The Balaban J connectivity index is 0. The highest BCUT2D eigenvalue weighted by molar-refractivity contribution is 7.63. The molecule has 0 heterocycles. The second-order valence-corrected chi connectivity index (χ2v) is 29.9. The first kappa shape index (κ1) is 30.1. The fourth-order valence-corrected chi connectivity index (χ4v) is 25.1. The van der Waals surface area contributed by atoms with Crippen molar-refractivity contribution in [1.29, 1.82) is 0 Å². The molecule has 2 radical (unpaired) electrons. The van der Waals surface area contributed by atoms with E-state index in [2.05, 4.69) is 106 Å². The molecule has 0 rings (SSSR count). The van der Waals surface area contributed by atoms with Gasteiger partial charge in [0.05, 0.1) is 20.6 Å². The van der Waals surface area contributed by atoms with Crippen molar-refractivity contribution in [1.82, 2.24) is 0 Å². The summed E-state index contributed by atoms with van der Waals surface area (Å²) in [7, 11) is -0.427. The fourth-order valence-electron chi connectivity index (χ4n) is 4.29. The molecule has 0 nitrogen and oxygen atoms in total. The molecule has 0 aromatic carbocycles. The molecule has 0 aromatic heterocycles. The highest BCUT2D eigenvalue weighted by Crippen LogP contribution is 2.59. The summed E-state index contributed by atoms with van der Waals surface area (Å²) in [5.41, 5.74) is 0. The third-order valence-corrected chi connectivity index (χ3v) is 21.9. The van der Waals surface area contributed by atoms with E-state index in [1.165, 1.54) is 0 Å². The quantitative estimate of drug-likeness (QED) is 0.309. The first-order valence-electron chi connectivity index (χ1n) is 10.8. The summed E-state index contributed by atoms with van der Waals surface area (Å²) in [6.07, 6.45) is 0. The molecule has 0 N–H and O–H groups in total. The van der Waals surface area contributed by atoms with Crippen LogP contribution in [0, 0.1) is 0 Å². The van der Waals surface area contributed by atoms with Crippen LogP contribution in [0.1, 0.15) is 83.1 Å². The van der Waals surface area contributed by atoms with E-state index in [0.717, 1.165) is 0 Å². The van der Waals surface area contributed by atoms with Crippen molar-refractivity contribution in [2.24, 2.45) is 0 Å². The van der Waals surface area contributed by atoms with E-state index >= 15 is 0 Å². The largest absolute Gasteiger partial charge is 0.228 e. The standard InChI is InChI=1S/2C9H21P.4CH3.2Al/c2*1-8(2,3)10(7)9(4,5)6;;;;;;/h2*10H,7H2,1-6H3;4*1H3;;/q2*+1;;;;;2*-1. The molecule has 0 saturated heterocycles. The van der Waals surface area contributed by atoms with Gasteiger partial charge < -0.3 is 0 Å². The molecule has 0 unspecified atom stereocenters. The Hall–Kier alpha value is 1.92. The Morgan fingerprint density at radius 2 is 0.577 bits per heavy atom. The smallest absolute Gasteiger partial charge is 0.0659 e. The predicted octanol–water partition coefficient (Wildman–Crippen LogP) is 8.18. The van der Waals surface area contributed by atoms with E-state index < -0.39 is 0 Å². The van der Waals surface area contributed by atoms with E-state index in [4.69, 9.17) is 0 Å². The van der Waals surface area contributed by atoms with Gasteiger partial charge >= 0.3 is 0 Å². The molecule has 26 heavy (non-hydrogen) atoms. The van der Waals surface area contributed by atoms with Crippen molar-refractivity contribution in [2.45, 2.75) is 127 Å². The summed E-state index contributed by atoms with van der Waals surface area (Å²) in [6.45, 7) is 29.2. The van der Waals surface area contributed by atoms with Gasteiger partial charge in [-0.3, -0.25) is 0 Å². The molecule has 0 saturated carbocycles. The van der Waals surface area contributed by atoms with Crippen molar-refractivity contribution in [3.63, 3.8) is 0 Å². The number of rotatable bonds is 4. The highest BCUT2D eigenvalue weighted by atomic mass is 31.1. The Bertz CT molecular complexity index is 311. The van der Waals surface area contributed by atoms with Crippen LogP contribution in [0.3, 0.4) is 0 Å². The molecule has 0 aromatic rings. The molecule has 4 heteroatoms. The van der Waals surface area contributed by atoms with Gasteiger partial charge in [-0.25, -0.2) is 23.1 Å². The molecule has 0 aliphatic rings. The van der Waals surface area contributed by atoms with Gasteiger partial charge in [-0.15, -0.1) is 10.0 Å². The van der Waals surface area contributed by atoms with E-state index in [-0.39, 0.29) is 44.1 Å². The van der Waals surface area contributed by atoms with Gasteiger partial charge in [0.2, 0.25) is 0 Å². The van der Waals surface area contributed by atoms with Crippen LogP contribution in [0.2, 0.25) is 23.1 Å². The zero-order valence-corrected chi connectivity index (χ0v) is 25.9. The molecule has 0 atom stereocenters. The van der Waals surface area contributed by atoms with Crippen molar-refractivity contribution >= 4 is 44.1 Å². The third-order valence-electron chi connectivity index (χ3n) is 4.85. The van der Waals surface area contributed by atoms with Crippen LogP contribution in [-0.2, 0) is 0 Å². The van der Waals surface area contributed by atoms with Crippen molar-refractivity contribution in [2.75, 3.05) is 10.0 Å². The van der Waals surface area contributed by atoms with Crippen LogP contribution in [0.25, 0.3) is 0 Å².